The molecule has 2 nitrogen and oxygen atoms in total. The summed E-state index contributed by atoms with van der Waals surface area (Å²) in [5.74, 6) is 0. The fraction of sp³-hybridized carbons (Fsp3) is 0.182. The van der Waals surface area contributed by atoms with Crippen LogP contribution in [0.3, 0.4) is 0 Å². The fourth-order valence-corrected chi connectivity index (χ4v) is 1.99. The van der Waals surface area contributed by atoms with Gasteiger partial charge < -0.3 is 4.90 Å². The van der Waals surface area contributed by atoms with E-state index in [1.807, 2.05) is 23.1 Å². The molecule has 0 atom stereocenters. The predicted octanol–water partition coefficient (Wildman–Crippen LogP) is 3.18. The Morgan fingerprint density at radius 1 is 1.20 bits per heavy atom. The van der Waals surface area contributed by atoms with Gasteiger partial charge in [0.1, 0.15) is 10.3 Å². The van der Waals surface area contributed by atoms with Crippen LogP contribution in [0, 0.1) is 0 Å². The number of benzene rings is 1. The summed E-state index contributed by atoms with van der Waals surface area (Å²) >= 11 is 11.7. The third kappa shape index (κ3) is 2.98. The van der Waals surface area contributed by atoms with Gasteiger partial charge in [-0.25, -0.2) is 4.99 Å². The second-order valence-electron chi connectivity index (χ2n) is 3.33. The maximum absolute atomic E-state index is 5.86. The van der Waals surface area contributed by atoms with Gasteiger partial charge in [-0.05, 0) is 5.56 Å². The SMILES string of the molecule is ClC1=CN(Cc2ccccc2)CC(Cl)=N1. The van der Waals surface area contributed by atoms with Gasteiger partial charge in [-0.2, -0.15) is 0 Å². The largest absolute Gasteiger partial charge is 0.364 e. The molecule has 0 unspecified atom stereocenters. The fourth-order valence-electron chi connectivity index (χ4n) is 1.46. The number of halogens is 2. The molecule has 1 aromatic carbocycles. The molecular formula is C11H10Cl2N2. The highest BCUT2D eigenvalue weighted by molar-refractivity contribution is 6.66. The first-order valence-corrected chi connectivity index (χ1v) is 5.38. The van der Waals surface area contributed by atoms with Crippen LogP contribution in [0.4, 0.5) is 0 Å². The molecule has 0 saturated carbocycles. The van der Waals surface area contributed by atoms with E-state index in [1.165, 1.54) is 5.56 Å². The van der Waals surface area contributed by atoms with Crippen LogP contribution in [0.5, 0.6) is 0 Å². The van der Waals surface area contributed by atoms with Crippen molar-refractivity contribution in [3.63, 3.8) is 0 Å². The van der Waals surface area contributed by atoms with Crippen molar-refractivity contribution in [3.8, 4) is 0 Å². The van der Waals surface area contributed by atoms with Gasteiger partial charge in [-0.1, -0.05) is 53.5 Å². The first-order valence-electron chi connectivity index (χ1n) is 4.62. The van der Waals surface area contributed by atoms with Crippen molar-refractivity contribution in [3.05, 3.63) is 47.3 Å². The number of hydrogen-bond donors (Lipinski definition) is 0. The third-order valence-corrected chi connectivity index (χ3v) is 2.47. The van der Waals surface area contributed by atoms with Crippen LogP contribution in [-0.4, -0.2) is 16.6 Å². The Labute approximate surface area is 98.8 Å². The zero-order valence-electron chi connectivity index (χ0n) is 8.03. The van der Waals surface area contributed by atoms with Gasteiger partial charge in [0, 0.05) is 12.7 Å². The Morgan fingerprint density at radius 2 is 1.93 bits per heavy atom. The van der Waals surface area contributed by atoms with Crippen LogP contribution >= 0.6 is 23.2 Å². The second kappa shape index (κ2) is 4.69. The molecule has 0 aromatic heterocycles. The second-order valence-corrected chi connectivity index (χ2v) is 4.15. The van der Waals surface area contributed by atoms with E-state index >= 15 is 0 Å². The van der Waals surface area contributed by atoms with Crippen molar-refractivity contribution in [1.29, 1.82) is 0 Å². The van der Waals surface area contributed by atoms with Gasteiger partial charge >= 0.3 is 0 Å². The Morgan fingerprint density at radius 3 is 2.60 bits per heavy atom. The minimum atomic E-state index is 0.433. The minimum Gasteiger partial charge on any atom is -0.364 e. The normalized spacial score (nSPS) is 16.0. The topological polar surface area (TPSA) is 15.6 Å². The lowest BCUT2D eigenvalue weighted by molar-refractivity contribution is 0.416. The number of nitrogens with zero attached hydrogens (tertiary/aromatic N) is 2. The van der Waals surface area contributed by atoms with E-state index in [1.54, 1.807) is 6.20 Å². The third-order valence-electron chi connectivity index (χ3n) is 2.08. The maximum Gasteiger partial charge on any atom is 0.146 e. The summed E-state index contributed by atoms with van der Waals surface area (Å²) in [4.78, 5) is 5.98. The van der Waals surface area contributed by atoms with Crippen LogP contribution in [0.25, 0.3) is 0 Å². The molecular weight excluding hydrogens is 231 g/mol. The van der Waals surface area contributed by atoms with Crippen LogP contribution in [0.15, 0.2) is 46.7 Å². The van der Waals surface area contributed by atoms with E-state index in [4.69, 9.17) is 23.2 Å². The van der Waals surface area contributed by atoms with Crippen LogP contribution < -0.4 is 0 Å². The van der Waals surface area contributed by atoms with Gasteiger partial charge in [0.25, 0.3) is 0 Å². The molecule has 78 valence electrons. The number of aliphatic imine (C=N–C) groups is 1. The summed E-state index contributed by atoms with van der Waals surface area (Å²) in [6.07, 6.45) is 1.81. The van der Waals surface area contributed by atoms with Gasteiger partial charge in [0.15, 0.2) is 0 Å². The molecule has 0 saturated heterocycles. The van der Waals surface area contributed by atoms with Crippen molar-refractivity contribution >= 4 is 28.4 Å². The highest BCUT2D eigenvalue weighted by Crippen LogP contribution is 2.16. The van der Waals surface area contributed by atoms with Gasteiger partial charge in [-0.3, -0.25) is 0 Å². The molecule has 0 radical (unpaired) electrons. The van der Waals surface area contributed by atoms with Crippen molar-refractivity contribution in [2.45, 2.75) is 6.54 Å². The van der Waals surface area contributed by atoms with Crippen molar-refractivity contribution in [2.75, 3.05) is 6.54 Å². The molecule has 2 rings (SSSR count). The first-order chi connectivity index (χ1) is 7.24. The average molecular weight is 241 g/mol. The molecule has 0 spiro atoms. The van der Waals surface area contributed by atoms with Crippen molar-refractivity contribution < 1.29 is 0 Å². The Balaban J connectivity index is 2.06. The lowest BCUT2D eigenvalue weighted by Gasteiger charge is -2.22. The van der Waals surface area contributed by atoms with Crippen LogP contribution in [0.2, 0.25) is 0 Å². The average Bonchev–Trinajstić information content (AvgIpc) is 2.17. The molecule has 0 amide bonds. The smallest absolute Gasteiger partial charge is 0.146 e. The van der Waals surface area contributed by atoms with E-state index in [9.17, 15) is 0 Å². The van der Waals surface area contributed by atoms with E-state index < -0.39 is 0 Å². The molecule has 1 aliphatic rings. The van der Waals surface area contributed by atoms with Gasteiger partial charge in [0.2, 0.25) is 0 Å². The zero-order chi connectivity index (χ0) is 10.7. The first kappa shape index (κ1) is 10.5. The van der Waals surface area contributed by atoms with E-state index in [0.717, 1.165) is 6.54 Å². The molecule has 0 fully saturated rings. The Bertz CT molecular complexity index is 398. The van der Waals surface area contributed by atoms with Crippen molar-refractivity contribution in [2.24, 2.45) is 4.99 Å². The Kier molecular flexibility index (Phi) is 3.29. The standard InChI is InChI=1S/C11H10Cl2N2/c12-10-7-15(8-11(13)14-10)6-9-4-2-1-3-5-9/h1-5,7H,6,8H2. The molecule has 1 aliphatic heterocycles. The minimum absolute atomic E-state index is 0.433. The Hall–Kier alpha value is -0.990. The van der Waals surface area contributed by atoms with Gasteiger partial charge in [-0.15, -0.1) is 0 Å². The van der Waals surface area contributed by atoms with E-state index in [0.29, 0.717) is 16.9 Å². The summed E-state index contributed by atoms with van der Waals surface area (Å²) in [5, 5.41) is 0.959. The molecule has 0 aliphatic carbocycles. The molecule has 0 N–H and O–H groups in total. The maximum atomic E-state index is 5.86. The van der Waals surface area contributed by atoms with E-state index in [-0.39, 0.29) is 0 Å². The molecule has 1 aromatic rings. The number of rotatable bonds is 2. The summed E-state index contributed by atoms with van der Waals surface area (Å²) < 4.78 is 0. The quantitative estimate of drug-likeness (QED) is 0.726. The summed E-state index contributed by atoms with van der Waals surface area (Å²) in [6.45, 7) is 1.41. The highest BCUT2D eigenvalue weighted by Gasteiger charge is 2.10. The number of hydrogen-bond acceptors (Lipinski definition) is 2. The van der Waals surface area contributed by atoms with Gasteiger partial charge in [0.05, 0.1) is 6.54 Å². The zero-order valence-corrected chi connectivity index (χ0v) is 9.54. The summed E-state index contributed by atoms with van der Waals surface area (Å²) in [5.41, 5.74) is 1.23. The monoisotopic (exact) mass is 240 g/mol. The highest BCUT2D eigenvalue weighted by atomic mass is 35.5. The summed E-state index contributed by atoms with van der Waals surface area (Å²) in [6, 6.07) is 10.2. The predicted molar refractivity (Wildman–Crippen MR) is 64.1 cm³/mol. The van der Waals surface area contributed by atoms with Crippen LogP contribution in [0.1, 0.15) is 5.56 Å². The van der Waals surface area contributed by atoms with Crippen molar-refractivity contribution in [1.82, 2.24) is 4.90 Å². The molecule has 4 heteroatoms. The van der Waals surface area contributed by atoms with E-state index in [2.05, 4.69) is 17.1 Å². The molecule has 1 heterocycles. The lowest BCUT2D eigenvalue weighted by atomic mass is 10.2. The van der Waals surface area contributed by atoms with Crippen LogP contribution in [-0.2, 0) is 6.54 Å². The molecule has 0 bridgehead atoms. The molecule has 15 heavy (non-hydrogen) atoms. The lowest BCUT2D eigenvalue weighted by Crippen LogP contribution is -2.25. The summed E-state index contributed by atoms with van der Waals surface area (Å²) in [7, 11) is 0.